The van der Waals surface area contributed by atoms with Crippen molar-refractivity contribution in [2.45, 2.75) is 25.8 Å². The second kappa shape index (κ2) is 6.79. The van der Waals surface area contributed by atoms with Crippen LogP contribution in [0.1, 0.15) is 34.3 Å². The van der Waals surface area contributed by atoms with Crippen molar-refractivity contribution in [2.24, 2.45) is 0 Å². The molecule has 2 aromatic rings. The summed E-state index contributed by atoms with van der Waals surface area (Å²) in [6, 6.07) is 12.1. The number of fused-ring (bicyclic) bond motifs is 1. The normalized spacial score (nSPS) is 14.1. The molecule has 0 saturated heterocycles. The lowest BCUT2D eigenvalue weighted by atomic mass is 10.1. The molecule has 1 heterocycles. The van der Waals surface area contributed by atoms with Crippen LogP contribution in [-0.2, 0) is 13.0 Å². The number of benzene rings is 2. The van der Waals surface area contributed by atoms with Gasteiger partial charge in [0.1, 0.15) is 5.82 Å². The molecule has 23 heavy (non-hydrogen) atoms. The molecule has 3 rings (SSSR count). The van der Waals surface area contributed by atoms with Crippen LogP contribution in [-0.4, -0.2) is 17.7 Å². The van der Waals surface area contributed by atoms with E-state index in [9.17, 15) is 9.18 Å². The average molecular weight is 314 g/mol. The van der Waals surface area contributed by atoms with Crippen molar-refractivity contribution >= 4 is 11.6 Å². The Labute approximate surface area is 134 Å². The van der Waals surface area contributed by atoms with E-state index in [0.29, 0.717) is 12.1 Å². The van der Waals surface area contributed by atoms with Gasteiger partial charge < -0.3 is 4.90 Å². The molecule has 0 aromatic heterocycles. The van der Waals surface area contributed by atoms with Crippen LogP contribution in [0.5, 0.6) is 0 Å². The van der Waals surface area contributed by atoms with E-state index in [1.165, 1.54) is 6.07 Å². The fourth-order valence-electron chi connectivity index (χ4n) is 3.01. The topological polar surface area (TPSA) is 52.6 Å². The number of hydrogen-bond acceptors (Lipinski definition) is 3. The molecule has 0 bridgehead atoms. The summed E-state index contributed by atoms with van der Waals surface area (Å²) < 4.78 is 13.5. The summed E-state index contributed by atoms with van der Waals surface area (Å²) in [6.45, 7) is 1.64. The molecule has 1 aliphatic rings. The zero-order chi connectivity index (χ0) is 16.2. The molecule has 2 aromatic carbocycles. The van der Waals surface area contributed by atoms with Crippen LogP contribution in [0.3, 0.4) is 0 Å². The maximum absolute atomic E-state index is 13.5. The predicted molar refractivity (Wildman–Crippen MR) is 86.1 cm³/mol. The van der Waals surface area contributed by atoms with Crippen molar-refractivity contribution in [1.82, 2.24) is 5.48 Å². The summed E-state index contributed by atoms with van der Waals surface area (Å²) in [5.41, 5.74) is 5.24. The molecule has 0 unspecified atom stereocenters. The number of anilines is 1. The average Bonchev–Trinajstić information content (AvgIpc) is 2.76. The molecule has 2 N–H and O–H groups in total. The maximum atomic E-state index is 13.5. The van der Waals surface area contributed by atoms with Crippen molar-refractivity contribution in [3.05, 3.63) is 65.0 Å². The van der Waals surface area contributed by atoms with Crippen molar-refractivity contribution in [2.75, 3.05) is 11.4 Å². The van der Waals surface area contributed by atoms with Gasteiger partial charge in [0.25, 0.3) is 5.91 Å². The SMILES string of the molecule is O=C(NO)c1ccc(CN2CCCCc3cc(F)ccc32)cc1. The third-order valence-corrected chi connectivity index (χ3v) is 4.20. The minimum absolute atomic E-state index is 0.190. The van der Waals surface area contributed by atoms with Crippen LogP contribution >= 0.6 is 0 Å². The van der Waals surface area contributed by atoms with Gasteiger partial charge in [-0.2, -0.15) is 0 Å². The van der Waals surface area contributed by atoms with Crippen LogP contribution in [0.15, 0.2) is 42.5 Å². The smallest absolute Gasteiger partial charge is 0.274 e. The van der Waals surface area contributed by atoms with Gasteiger partial charge in [0.15, 0.2) is 0 Å². The van der Waals surface area contributed by atoms with Crippen molar-refractivity contribution in [3.63, 3.8) is 0 Å². The Bertz CT molecular complexity index is 701. The second-order valence-corrected chi connectivity index (χ2v) is 5.79. The molecule has 4 nitrogen and oxygen atoms in total. The number of carbonyl (C=O) groups excluding carboxylic acids is 1. The van der Waals surface area contributed by atoms with Gasteiger partial charge in [-0.05, 0) is 60.7 Å². The molecule has 1 amide bonds. The summed E-state index contributed by atoms with van der Waals surface area (Å²) in [5, 5.41) is 8.64. The zero-order valence-electron chi connectivity index (χ0n) is 12.8. The van der Waals surface area contributed by atoms with Gasteiger partial charge in [-0.1, -0.05) is 12.1 Å². The van der Waals surface area contributed by atoms with E-state index in [1.807, 2.05) is 18.2 Å². The van der Waals surface area contributed by atoms with Crippen molar-refractivity contribution < 1.29 is 14.4 Å². The van der Waals surface area contributed by atoms with Crippen LogP contribution in [0.4, 0.5) is 10.1 Å². The van der Waals surface area contributed by atoms with Gasteiger partial charge in [-0.3, -0.25) is 10.0 Å². The molecule has 120 valence electrons. The third kappa shape index (κ3) is 3.51. The molecule has 0 fully saturated rings. The Morgan fingerprint density at radius 2 is 1.96 bits per heavy atom. The largest absolute Gasteiger partial charge is 0.367 e. The summed E-state index contributed by atoms with van der Waals surface area (Å²) in [4.78, 5) is 13.6. The molecular weight excluding hydrogens is 295 g/mol. The molecule has 0 spiro atoms. The van der Waals surface area contributed by atoms with E-state index in [-0.39, 0.29) is 5.82 Å². The second-order valence-electron chi connectivity index (χ2n) is 5.79. The van der Waals surface area contributed by atoms with Gasteiger partial charge in [-0.15, -0.1) is 0 Å². The van der Waals surface area contributed by atoms with Gasteiger partial charge >= 0.3 is 0 Å². The Morgan fingerprint density at radius 1 is 1.17 bits per heavy atom. The van der Waals surface area contributed by atoms with E-state index < -0.39 is 5.91 Å². The first-order valence-corrected chi connectivity index (χ1v) is 7.74. The van der Waals surface area contributed by atoms with Gasteiger partial charge in [0, 0.05) is 24.3 Å². The zero-order valence-corrected chi connectivity index (χ0v) is 12.8. The molecule has 5 heteroatoms. The maximum Gasteiger partial charge on any atom is 0.274 e. The summed E-state index contributed by atoms with van der Waals surface area (Å²) in [5.74, 6) is -0.711. The monoisotopic (exact) mass is 314 g/mol. The number of hydroxylamine groups is 1. The predicted octanol–water partition coefficient (Wildman–Crippen LogP) is 3.29. The van der Waals surface area contributed by atoms with Gasteiger partial charge in [0.2, 0.25) is 0 Å². The van der Waals surface area contributed by atoms with E-state index in [0.717, 1.165) is 42.6 Å². The Kier molecular flexibility index (Phi) is 4.57. The van der Waals surface area contributed by atoms with Crippen molar-refractivity contribution in [3.8, 4) is 0 Å². The number of aryl methyl sites for hydroxylation is 1. The number of amides is 1. The lowest BCUT2D eigenvalue weighted by molar-refractivity contribution is 0.0706. The Hall–Kier alpha value is -2.40. The number of halogens is 1. The van der Waals surface area contributed by atoms with E-state index >= 15 is 0 Å². The molecule has 0 radical (unpaired) electrons. The van der Waals surface area contributed by atoms with Crippen LogP contribution < -0.4 is 10.4 Å². The third-order valence-electron chi connectivity index (χ3n) is 4.20. The Balaban J connectivity index is 1.81. The fourth-order valence-corrected chi connectivity index (χ4v) is 3.01. The number of nitrogens with one attached hydrogen (secondary N) is 1. The highest BCUT2D eigenvalue weighted by atomic mass is 19.1. The first-order chi connectivity index (χ1) is 11.2. The quantitative estimate of drug-likeness (QED) is 0.675. The lowest BCUT2D eigenvalue weighted by Gasteiger charge is -2.25. The van der Waals surface area contributed by atoms with E-state index in [1.54, 1.807) is 23.7 Å². The van der Waals surface area contributed by atoms with Crippen LogP contribution in [0.2, 0.25) is 0 Å². The van der Waals surface area contributed by atoms with Gasteiger partial charge in [0.05, 0.1) is 0 Å². The highest BCUT2D eigenvalue weighted by molar-refractivity contribution is 5.93. The molecular formula is C18H19FN2O2. The highest BCUT2D eigenvalue weighted by Crippen LogP contribution is 2.28. The summed E-state index contributed by atoms with van der Waals surface area (Å²) in [7, 11) is 0. The number of hydrogen-bond donors (Lipinski definition) is 2. The molecule has 0 aliphatic carbocycles. The van der Waals surface area contributed by atoms with Crippen LogP contribution in [0, 0.1) is 5.82 Å². The standard InChI is InChI=1S/C18H19FN2O2/c19-16-8-9-17-15(11-16)3-1-2-10-21(17)12-13-4-6-14(7-5-13)18(22)20-23/h4-9,11,23H,1-3,10,12H2,(H,20,22). The van der Waals surface area contributed by atoms with Crippen molar-refractivity contribution in [1.29, 1.82) is 0 Å². The summed E-state index contributed by atoms with van der Waals surface area (Å²) >= 11 is 0. The first-order valence-electron chi connectivity index (χ1n) is 7.74. The molecule has 0 atom stereocenters. The van der Waals surface area contributed by atoms with Crippen LogP contribution in [0.25, 0.3) is 0 Å². The molecule has 1 aliphatic heterocycles. The van der Waals surface area contributed by atoms with E-state index in [4.69, 9.17) is 5.21 Å². The number of nitrogens with zero attached hydrogens (tertiary/aromatic N) is 1. The minimum Gasteiger partial charge on any atom is -0.367 e. The Morgan fingerprint density at radius 3 is 2.70 bits per heavy atom. The number of rotatable bonds is 3. The summed E-state index contributed by atoms with van der Waals surface area (Å²) in [6.07, 6.45) is 3.03. The minimum atomic E-state index is -0.521. The fraction of sp³-hybridized carbons (Fsp3) is 0.278. The van der Waals surface area contributed by atoms with E-state index in [2.05, 4.69) is 4.90 Å². The first kappa shape index (κ1) is 15.5. The molecule has 0 saturated carbocycles. The highest BCUT2D eigenvalue weighted by Gasteiger charge is 2.16. The van der Waals surface area contributed by atoms with Gasteiger partial charge in [-0.25, -0.2) is 9.87 Å². The lowest BCUT2D eigenvalue weighted by Crippen LogP contribution is -2.23. The number of carbonyl (C=O) groups is 1.